The molecule has 0 aliphatic carbocycles. The lowest BCUT2D eigenvalue weighted by Crippen LogP contribution is -2.37. The second-order valence-electron chi connectivity index (χ2n) is 6.26. The van der Waals surface area contributed by atoms with Gasteiger partial charge in [-0.3, -0.25) is 19.3 Å². The summed E-state index contributed by atoms with van der Waals surface area (Å²) in [6.07, 6.45) is 1.35. The van der Waals surface area contributed by atoms with Gasteiger partial charge in [0, 0.05) is 29.2 Å². The topological polar surface area (TPSA) is 79.7 Å². The molecule has 138 valence electrons. The number of aryl methyl sites for hydroxylation is 1. The van der Waals surface area contributed by atoms with Crippen LogP contribution in [0, 0.1) is 13.8 Å². The fourth-order valence-electron chi connectivity index (χ4n) is 3.23. The van der Waals surface area contributed by atoms with Crippen molar-refractivity contribution in [2.45, 2.75) is 13.8 Å². The first kappa shape index (κ1) is 18.3. The van der Waals surface area contributed by atoms with Crippen LogP contribution in [0.25, 0.3) is 5.69 Å². The Balaban J connectivity index is 1.88. The number of carbonyl (C=O) groups is 4. The first-order valence-electron chi connectivity index (χ1n) is 8.42. The van der Waals surface area contributed by atoms with Crippen LogP contribution in [0.15, 0.2) is 49.1 Å². The van der Waals surface area contributed by atoms with E-state index in [-0.39, 0.29) is 6.54 Å². The molecule has 0 radical (unpaired) electrons. The van der Waals surface area contributed by atoms with Gasteiger partial charge >= 0.3 is 17.8 Å². The van der Waals surface area contributed by atoms with Gasteiger partial charge in [0.05, 0.1) is 6.54 Å². The fourth-order valence-corrected chi connectivity index (χ4v) is 3.23. The van der Waals surface area contributed by atoms with Crippen LogP contribution >= 0.6 is 0 Å². The summed E-state index contributed by atoms with van der Waals surface area (Å²) in [4.78, 5) is 50.5. The molecule has 1 saturated heterocycles. The van der Waals surface area contributed by atoms with E-state index in [1.54, 1.807) is 13.0 Å². The van der Waals surface area contributed by atoms with Crippen molar-refractivity contribution in [2.24, 2.45) is 0 Å². The van der Waals surface area contributed by atoms with Crippen molar-refractivity contribution in [2.75, 3.05) is 13.1 Å². The molecule has 1 aromatic carbocycles. The molecule has 0 N–H and O–H groups in total. The number of nitrogens with zero attached hydrogens (tertiary/aromatic N) is 3. The highest BCUT2D eigenvalue weighted by molar-refractivity contribution is 6.45. The van der Waals surface area contributed by atoms with Gasteiger partial charge in [-0.2, -0.15) is 0 Å². The summed E-state index contributed by atoms with van der Waals surface area (Å²) in [7, 11) is 0. The van der Waals surface area contributed by atoms with E-state index in [9.17, 15) is 19.2 Å². The third kappa shape index (κ3) is 3.08. The highest BCUT2D eigenvalue weighted by Gasteiger charge is 2.44. The Kier molecular flexibility index (Phi) is 4.77. The molecule has 0 unspecified atom stereocenters. The molecule has 0 bridgehead atoms. The molecule has 0 spiro atoms. The van der Waals surface area contributed by atoms with Crippen molar-refractivity contribution in [1.82, 2.24) is 14.4 Å². The first-order valence-corrected chi connectivity index (χ1v) is 8.42. The van der Waals surface area contributed by atoms with E-state index >= 15 is 0 Å². The molecule has 7 heteroatoms. The molecule has 1 aliphatic rings. The quantitative estimate of drug-likeness (QED) is 0.340. The monoisotopic (exact) mass is 365 g/mol. The van der Waals surface area contributed by atoms with Gasteiger partial charge in [-0.1, -0.05) is 24.3 Å². The van der Waals surface area contributed by atoms with Gasteiger partial charge in [-0.05, 0) is 32.0 Å². The molecule has 0 atom stereocenters. The van der Waals surface area contributed by atoms with Gasteiger partial charge in [-0.25, -0.2) is 9.69 Å². The van der Waals surface area contributed by atoms with Crippen LogP contribution in [0.5, 0.6) is 0 Å². The number of hydrogen-bond donors (Lipinski definition) is 0. The lowest BCUT2D eigenvalue weighted by molar-refractivity contribution is -0.142. The maximum atomic E-state index is 12.8. The molecular weight excluding hydrogens is 346 g/mol. The molecule has 2 heterocycles. The summed E-state index contributed by atoms with van der Waals surface area (Å²) in [5.74, 6) is -2.34. The van der Waals surface area contributed by atoms with Gasteiger partial charge in [0.1, 0.15) is 0 Å². The van der Waals surface area contributed by atoms with Crippen LogP contribution in [-0.2, 0) is 9.59 Å². The Bertz CT molecular complexity index is 959. The molecule has 3 rings (SSSR count). The molecular formula is C20H19N3O4. The third-order valence-electron chi connectivity index (χ3n) is 4.49. The number of imide groups is 2. The SMILES string of the molecule is C=CCN1C(=O)C(=O)N(CC(=O)c2cc(C)n(-c3ccccc3)c2C)C1=O. The Morgan fingerprint density at radius 3 is 2.30 bits per heavy atom. The average molecular weight is 365 g/mol. The van der Waals surface area contributed by atoms with E-state index in [4.69, 9.17) is 0 Å². The molecule has 1 fully saturated rings. The van der Waals surface area contributed by atoms with Crippen molar-refractivity contribution in [3.8, 4) is 5.69 Å². The molecule has 27 heavy (non-hydrogen) atoms. The van der Waals surface area contributed by atoms with Crippen molar-refractivity contribution in [3.63, 3.8) is 0 Å². The maximum absolute atomic E-state index is 12.8. The summed E-state index contributed by atoms with van der Waals surface area (Å²) in [6.45, 7) is 6.58. The summed E-state index contributed by atoms with van der Waals surface area (Å²) < 4.78 is 1.93. The molecule has 4 amide bonds. The van der Waals surface area contributed by atoms with E-state index in [2.05, 4.69) is 6.58 Å². The van der Waals surface area contributed by atoms with Gasteiger partial charge in [-0.15, -0.1) is 6.58 Å². The van der Waals surface area contributed by atoms with E-state index in [1.165, 1.54) is 6.08 Å². The fraction of sp³-hybridized carbons (Fsp3) is 0.200. The van der Waals surface area contributed by atoms with E-state index < -0.39 is 30.2 Å². The highest BCUT2D eigenvalue weighted by Crippen LogP contribution is 2.22. The summed E-state index contributed by atoms with van der Waals surface area (Å²) in [5, 5.41) is 0. The van der Waals surface area contributed by atoms with Crippen molar-refractivity contribution < 1.29 is 19.2 Å². The minimum Gasteiger partial charge on any atom is -0.318 e. The van der Waals surface area contributed by atoms with Crippen molar-refractivity contribution in [1.29, 1.82) is 0 Å². The predicted octanol–water partition coefficient (Wildman–Crippen LogP) is 2.25. The number of ketones is 1. The zero-order chi connectivity index (χ0) is 19.7. The molecule has 1 aromatic heterocycles. The molecule has 1 aliphatic heterocycles. The van der Waals surface area contributed by atoms with Crippen molar-refractivity contribution in [3.05, 3.63) is 66.0 Å². The number of amides is 4. The molecule has 7 nitrogen and oxygen atoms in total. The van der Waals surface area contributed by atoms with Gasteiger partial charge in [0.15, 0.2) is 5.78 Å². The summed E-state index contributed by atoms with van der Waals surface area (Å²) in [5.41, 5.74) is 2.88. The van der Waals surface area contributed by atoms with E-state index in [0.29, 0.717) is 16.2 Å². The minimum absolute atomic E-state index is 0.0728. The van der Waals surface area contributed by atoms with Crippen LogP contribution in [0.4, 0.5) is 4.79 Å². The second-order valence-corrected chi connectivity index (χ2v) is 6.26. The van der Waals surface area contributed by atoms with Gasteiger partial charge < -0.3 is 4.57 Å². The van der Waals surface area contributed by atoms with E-state index in [0.717, 1.165) is 16.3 Å². The Hall–Kier alpha value is -3.48. The number of carbonyl (C=O) groups excluding carboxylic acids is 4. The number of benzene rings is 1. The van der Waals surface area contributed by atoms with Gasteiger partial charge in [0.25, 0.3) is 0 Å². The van der Waals surface area contributed by atoms with Crippen LogP contribution in [0.3, 0.4) is 0 Å². The zero-order valence-corrected chi connectivity index (χ0v) is 15.1. The van der Waals surface area contributed by atoms with E-state index in [1.807, 2.05) is 41.8 Å². The number of aromatic nitrogens is 1. The average Bonchev–Trinajstić information content (AvgIpc) is 3.06. The Morgan fingerprint density at radius 2 is 1.67 bits per heavy atom. The Morgan fingerprint density at radius 1 is 1.04 bits per heavy atom. The third-order valence-corrected chi connectivity index (χ3v) is 4.49. The highest BCUT2D eigenvalue weighted by atomic mass is 16.2. The normalized spacial score (nSPS) is 14.2. The van der Waals surface area contributed by atoms with Crippen LogP contribution in [0.2, 0.25) is 0 Å². The minimum atomic E-state index is -0.993. The Labute approximate surface area is 156 Å². The second kappa shape index (κ2) is 7.03. The largest absolute Gasteiger partial charge is 0.334 e. The van der Waals surface area contributed by atoms with Crippen LogP contribution < -0.4 is 0 Å². The van der Waals surface area contributed by atoms with Crippen molar-refractivity contribution >= 4 is 23.6 Å². The van der Waals surface area contributed by atoms with Crippen LogP contribution in [-0.4, -0.2) is 51.1 Å². The summed E-state index contributed by atoms with van der Waals surface area (Å²) >= 11 is 0. The molecule has 0 saturated carbocycles. The number of rotatable bonds is 6. The maximum Gasteiger partial charge on any atom is 0.334 e. The smallest absolute Gasteiger partial charge is 0.318 e. The first-order chi connectivity index (χ1) is 12.9. The van der Waals surface area contributed by atoms with Gasteiger partial charge in [0.2, 0.25) is 0 Å². The summed E-state index contributed by atoms with van der Waals surface area (Å²) in [6, 6.07) is 10.5. The van der Waals surface area contributed by atoms with Crippen LogP contribution in [0.1, 0.15) is 21.7 Å². The number of para-hydroxylation sites is 1. The zero-order valence-electron chi connectivity index (χ0n) is 15.1. The number of hydrogen-bond acceptors (Lipinski definition) is 4. The number of Topliss-reactive ketones (excluding diaryl/α,β-unsaturated/α-hetero) is 1. The standard InChI is InChI=1S/C20H19N3O4/c1-4-10-21-18(25)19(26)22(20(21)27)12-17(24)16-11-13(2)23(14(16)3)15-8-6-5-7-9-15/h4-9,11H,1,10,12H2,2-3H3. The predicted molar refractivity (Wildman–Crippen MR) is 98.6 cm³/mol. The lowest BCUT2D eigenvalue weighted by atomic mass is 10.1. The molecule has 2 aromatic rings. The lowest BCUT2D eigenvalue weighted by Gasteiger charge is -2.14. The number of urea groups is 1.